The van der Waals surface area contributed by atoms with Gasteiger partial charge in [0.15, 0.2) is 0 Å². The summed E-state index contributed by atoms with van der Waals surface area (Å²) in [6.45, 7) is 0. The molecule has 2 N–H and O–H groups in total. The van der Waals surface area contributed by atoms with Gasteiger partial charge in [-0.3, -0.25) is 0 Å². The summed E-state index contributed by atoms with van der Waals surface area (Å²) in [6, 6.07) is 36.1. The van der Waals surface area contributed by atoms with Crippen molar-refractivity contribution >= 4 is 22.3 Å². The Morgan fingerprint density at radius 1 is 0.526 bits per heavy atom. The Morgan fingerprint density at radius 3 is 1.71 bits per heavy atom. The molecule has 0 aliphatic carbocycles. The fraction of sp³-hybridized carbons (Fsp3) is 0.121. The van der Waals surface area contributed by atoms with Crippen molar-refractivity contribution < 1.29 is 0 Å². The molecule has 0 saturated heterocycles. The Morgan fingerprint density at radius 2 is 1.08 bits per heavy atom. The molecule has 0 unspecified atom stereocenters. The third-order valence-corrected chi connectivity index (χ3v) is 7.04. The van der Waals surface area contributed by atoms with Crippen LogP contribution in [0.15, 0.2) is 103 Å². The maximum atomic E-state index is 5.27. The minimum absolute atomic E-state index is 0.847. The van der Waals surface area contributed by atoms with Crippen molar-refractivity contribution in [2.24, 2.45) is 0 Å². The van der Waals surface area contributed by atoms with Gasteiger partial charge in [-0.1, -0.05) is 72.8 Å². The standard InChI is InChI=1S/C33H31N5/c1-37(2)25-18-14-23(15-19-25)31-32(24-16-20-26(21-17-24)38(3)4)36-33(35-31)29-27-12-8-9-13-28(27)34-30(29)22-10-6-5-7-11-22/h5-21,34H,1-4H3,(H,35,36). The lowest BCUT2D eigenvalue weighted by Gasteiger charge is -2.13. The van der Waals surface area contributed by atoms with Gasteiger partial charge in [-0.05, 0) is 35.9 Å². The lowest BCUT2D eigenvalue weighted by molar-refractivity contribution is 1.13. The van der Waals surface area contributed by atoms with E-state index >= 15 is 0 Å². The van der Waals surface area contributed by atoms with Gasteiger partial charge < -0.3 is 19.8 Å². The minimum Gasteiger partial charge on any atom is -0.378 e. The quantitative estimate of drug-likeness (QED) is 0.248. The van der Waals surface area contributed by atoms with Crippen molar-refractivity contribution in [2.45, 2.75) is 0 Å². The first kappa shape index (κ1) is 23.6. The molecule has 188 valence electrons. The third-order valence-electron chi connectivity index (χ3n) is 7.04. The lowest BCUT2D eigenvalue weighted by Crippen LogP contribution is -2.08. The second kappa shape index (κ2) is 9.60. The minimum atomic E-state index is 0.847. The van der Waals surface area contributed by atoms with Crippen LogP contribution in [0.4, 0.5) is 11.4 Å². The van der Waals surface area contributed by atoms with Gasteiger partial charge in [0, 0.05) is 61.6 Å². The van der Waals surface area contributed by atoms with Gasteiger partial charge >= 0.3 is 0 Å². The number of nitrogens with one attached hydrogen (secondary N) is 2. The van der Waals surface area contributed by atoms with E-state index in [9.17, 15) is 0 Å². The molecule has 0 fully saturated rings. The van der Waals surface area contributed by atoms with Crippen molar-refractivity contribution in [1.29, 1.82) is 0 Å². The predicted octanol–water partition coefficient (Wildman–Crippen LogP) is 7.69. The molecule has 0 atom stereocenters. The highest BCUT2D eigenvalue weighted by Crippen LogP contribution is 2.40. The van der Waals surface area contributed by atoms with E-state index in [0.717, 1.165) is 67.4 Å². The number of H-pyrrole nitrogens is 2. The summed E-state index contributed by atoms with van der Waals surface area (Å²) in [4.78, 5) is 16.9. The number of para-hydroxylation sites is 1. The van der Waals surface area contributed by atoms with E-state index in [4.69, 9.17) is 4.98 Å². The monoisotopic (exact) mass is 497 g/mol. The van der Waals surface area contributed by atoms with Crippen LogP contribution in [0.3, 0.4) is 0 Å². The number of hydrogen-bond donors (Lipinski definition) is 2. The Labute approximate surface area is 223 Å². The highest BCUT2D eigenvalue weighted by molar-refractivity contribution is 6.03. The van der Waals surface area contributed by atoms with Gasteiger partial charge in [0.05, 0.1) is 22.6 Å². The summed E-state index contributed by atoms with van der Waals surface area (Å²) in [5.41, 5.74) is 10.8. The highest BCUT2D eigenvalue weighted by Gasteiger charge is 2.21. The number of nitrogens with zero attached hydrogens (tertiary/aromatic N) is 3. The predicted molar refractivity (Wildman–Crippen MR) is 161 cm³/mol. The SMILES string of the molecule is CN(C)c1ccc(-c2nc(-c3c(-c4ccccc4)[nH]c4ccccc34)[nH]c2-c2ccc(N(C)C)cc2)cc1. The van der Waals surface area contributed by atoms with Crippen molar-refractivity contribution in [3.8, 4) is 45.2 Å². The molecule has 5 heteroatoms. The smallest absolute Gasteiger partial charge is 0.141 e. The first-order valence-corrected chi connectivity index (χ1v) is 12.8. The van der Waals surface area contributed by atoms with E-state index in [-0.39, 0.29) is 0 Å². The number of aromatic amines is 2. The van der Waals surface area contributed by atoms with Gasteiger partial charge in [0.2, 0.25) is 0 Å². The molecule has 0 aliphatic rings. The second-order valence-electron chi connectivity index (χ2n) is 9.98. The van der Waals surface area contributed by atoms with Crippen LogP contribution in [0, 0.1) is 0 Å². The van der Waals surface area contributed by atoms with Crippen LogP contribution in [0.5, 0.6) is 0 Å². The molecule has 0 spiro atoms. The van der Waals surface area contributed by atoms with Crippen LogP contribution in [0.25, 0.3) is 56.1 Å². The summed E-state index contributed by atoms with van der Waals surface area (Å²) in [6.07, 6.45) is 0. The van der Waals surface area contributed by atoms with Gasteiger partial charge in [0.1, 0.15) is 5.82 Å². The molecule has 5 nitrogen and oxygen atoms in total. The summed E-state index contributed by atoms with van der Waals surface area (Å²) >= 11 is 0. The van der Waals surface area contributed by atoms with Crippen molar-refractivity contribution in [1.82, 2.24) is 15.0 Å². The molecule has 6 rings (SSSR count). The number of benzene rings is 4. The highest BCUT2D eigenvalue weighted by atomic mass is 15.1. The zero-order chi connectivity index (χ0) is 26.2. The lowest BCUT2D eigenvalue weighted by atomic mass is 10.0. The second-order valence-corrected chi connectivity index (χ2v) is 9.98. The molecule has 0 amide bonds. The van der Waals surface area contributed by atoms with E-state index in [1.54, 1.807) is 0 Å². The van der Waals surface area contributed by atoms with Gasteiger partial charge in [-0.25, -0.2) is 4.98 Å². The van der Waals surface area contributed by atoms with Gasteiger partial charge in [-0.15, -0.1) is 0 Å². The topological polar surface area (TPSA) is 51.0 Å². The molecule has 0 radical (unpaired) electrons. The van der Waals surface area contributed by atoms with E-state index in [2.05, 4.69) is 145 Å². The molecule has 2 aromatic heterocycles. The average Bonchev–Trinajstić information content (AvgIpc) is 3.56. The van der Waals surface area contributed by atoms with Crippen LogP contribution < -0.4 is 9.80 Å². The maximum Gasteiger partial charge on any atom is 0.141 e. The number of hydrogen-bond acceptors (Lipinski definition) is 3. The van der Waals surface area contributed by atoms with Crippen LogP contribution in [-0.4, -0.2) is 43.1 Å². The van der Waals surface area contributed by atoms with Crippen LogP contribution in [0.1, 0.15) is 0 Å². The zero-order valence-electron chi connectivity index (χ0n) is 22.2. The molecule has 0 saturated carbocycles. The van der Waals surface area contributed by atoms with E-state index in [0.29, 0.717) is 0 Å². The Bertz CT molecular complexity index is 1620. The van der Waals surface area contributed by atoms with Gasteiger partial charge in [0.25, 0.3) is 0 Å². The van der Waals surface area contributed by atoms with E-state index < -0.39 is 0 Å². The molecule has 0 aliphatic heterocycles. The first-order valence-electron chi connectivity index (χ1n) is 12.8. The Hall–Kier alpha value is -4.77. The van der Waals surface area contributed by atoms with Gasteiger partial charge in [-0.2, -0.15) is 0 Å². The molecule has 38 heavy (non-hydrogen) atoms. The largest absolute Gasteiger partial charge is 0.378 e. The average molecular weight is 498 g/mol. The number of aromatic nitrogens is 3. The van der Waals surface area contributed by atoms with E-state index in [1.807, 2.05) is 6.07 Å². The fourth-order valence-electron chi connectivity index (χ4n) is 4.96. The molecular formula is C33H31N5. The zero-order valence-corrected chi connectivity index (χ0v) is 22.2. The normalized spacial score (nSPS) is 11.2. The maximum absolute atomic E-state index is 5.27. The van der Waals surface area contributed by atoms with Crippen LogP contribution >= 0.6 is 0 Å². The first-order chi connectivity index (χ1) is 18.5. The van der Waals surface area contributed by atoms with Crippen molar-refractivity contribution in [3.63, 3.8) is 0 Å². The summed E-state index contributed by atoms with van der Waals surface area (Å²) in [5, 5.41) is 1.14. The number of rotatable bonds is 6. The van der Waals surface area contributed by atoms with Crippen molar-refractivity contribution in [2.75, 3.05) is 38.0 Å². The molecule has 0 bridgehead atoms. The number of anilines is 2. The molecule has 4 aromatic carbocycles. The molecular weight excluding hydrogens is 466 g/mol. The summed E-state index contributed by atoms with van der Waals surface area (Å²) in [5.74, 6) is 0.847. The Balaban J connectivity index is 1.58. The van der Waals surface area contributed by atoms with Crippen molar-refractivity contribution in [3.05, 3.63) is 103 Å². The van der Waals surface area contributed by atoms with Crippen LogP contribution in [0.2, 0.25) is 0 Å². The van der Waals surface area contributed by atoms with E-state index in [1.165, 1.54) is 0 Å². The Kier molecular flexibility index (Phi) is 5.97. The molecule has 2 heterocycles. The van der Waals surface area contributed by atoms with Crippen LogP contribution in [-0.2, 0) is 0 Å². The fourth-order valence-corrected chi connectivity index (χ4v) is 4.96. The summed E-state index contributed by atoms with van der Waals surface area (Å²) < 4.78 is 0. The number of fused-ring (bicyclic) bond motifs is 1. The number of imidazole rings is 1. The molecule has 6 aromatic rings. The summed E-state index contributed by atoms with van der Waals surface area (Å²) in [7, 11) is 8.23. The third kappa shape index (κ3) is 4.22.